The number of ether oxygens (including phenoxy) is 1. The molecule has 1 aliphatic rings. The van der Waals surface area contributed by atoms with Crippen LogP contribution in [0.1, 0.15) is 12.5 Å². The summed E-state index contributed by atoms with van der Waals surface area (Å²) in [6, 6.07) is 9.61. The van der Waals surface area contributed by atoms with Crippen molar-refractivity contribution < 1.29 is 9.53 Å². The average Bonchev–Trinajstić information content (AvgIpc) is 2.38. The smallest absolute Gasteiger partial charge is 0.319 e. The Kier molecular flexibility index (Phi) is 3.23. The number of rotatable bonds is 2. The van der Waals surface area contributed by atoms with Crippen molar-refractivity contribution in [3.05, 3.63) is 47.7 Å². The van der Waals surface area contributed by atoms with Crippen molar-refractivity contribution in [1.29, 1.82) is 0 Å². The SMILES string of the molecule is COC(=O)C1C(C)=CNN=C1c1ccccc1. The summed E-state index contributed by atoms with van der Waals surface area (Å²) in [7, 11) is 1.39. The highest BCUT2D eigenvalue weighted by molar-refractivity contribution is 6.14. The number of esters is 1. The Morgan fingerprint density at radius 2 is 2.06 bits per heavy atom. The maximum Gasteiger partial charge on any atom is 0.319 e. The van der Waals surface area contributed by atoms with Gasteiger partial charge in [-0.25, -0.2) is 0 Å². The third-order valence-electron chi connectivity index (χ3n) is 2.71. The predicted octanol–water partition coefficient (Wildman–Crippen LogP) is 1.69. The van der Waals surface area contributed by atoms with Gasteiger partial charge in [-0.3, -0.25) is 10.2 Å². The summed E-state index contributed by atoms with van der Waals surface area (Å²) >= 11 is 0. The van der Waals surface area contributed by atoms with Gasteiger partial charge in [-0.2, -0.15) is 5.10 Å². The molecule has 1 atom stereocenters. The number of hydrogen-bond acceptors (Lipinski definition) is 4. The molecule has 0 saturated carbocycles. The van der Waals surface area contributed by atoms with Crippen molar-refractivity contribution in [3.63, 3.8) is 0 Å². The Morgan fingerprint density at radius 3 is 2.71 bits per heavy atom. The first-order valence-corrected chi connectivity index (χ1v) is 5.37. The highest BCUT2D eigenvalue weighted by Gasteiger charge is 2.30. The Balaban J connectivity index is 2.39. The topological polar surface area (TPSA) is 50.7 Å². The second-order valence-corrected chi connectivity index (χ2v) is 3.84. The molecule has 0 spiro atoms. The summed E-state index contributed by atoms with van der Waals surface area (Å²) < 4.78 is 4.82. The van der Waals surface area contributed by atoms with E-state index in [1.54, 1.807) is 6.20 Å². The van der Waals surface area contributed by atoms with Gasteiger partial charge in [0.2, 0.25) is 0 Å². The van der Waals surface area contributed by atoms with Crippen molar-refractivity contribution in [2.24, 2.45) is 11.0 Å². The normalized spacial score (nSPS) is 18.8. The van der Waals surface area contributed by atoms with Crippen LogP contribution in [0.5, 0.6) is 0 Å². The molecule has 1 unspecified atom stereocenters. The molecule has 1 aromatic rings. The lowest BCUT2D eigenvalue weighted by atomic mass is 9.90. The van der Waals surface area contributed by atoms with E-state index in [-0.39, 0.29) is 5.97 Å². The number of nitrogens with one attached hydrogen (secondary N) is 1. The third-order valence-corrected chi connectivity index (χ3v) is 2.71. The van der Waals surface area contributed by atoms with Gasteiger partial charge in [-0.05, 0) is 18.1 Å². The minimum Gasteiger partial charge on any atom is -0.468 e. The largest absolute Gasteiger partial charge is 0.468 e. The van der Waals surface area contributed by atoms with Gasteiger partial charge >= 0.3 is 5.97 Å². The number of nitrogens with zero attached hydrogens (tertiary/aromatic N) is 1. The quantitative estimate of drug-likeness (QED) is 0.786. The Hall–Kier alpha value is -2.10. The zero-order valence-electron chi connectivity index (χ0n) is 9.81. The summed E-state index contributed by atoms with van der Waals surface area (Å²) in [5, 5.41) is 4.19. The first-order chi connectivity index (χ1) is 8.24. The summed E-state index contributed by atoms with van der Waals surface area (Å²) in [6.07, 6.45) is 1.72. The molecule has 2 rings (SSSR count). The zero-order chi connectivity index (χ0) is 12.3. The van der Waals surface area contributed by atoms with Gasteiger partial charge in [0.1, 0.15) is 5.92 Å². The van der Waals surface area contributed by atoms with Gasteiger partial charge in [0, 0.05) is 6.20 Å². The van der Waals surface area contributed by atoms with Crippen LogP contribution < -0.4 is 5.43 Å². The standard InChI is InChI=1S/C13H14N2O2/c1-9-8-14-15-12(11(9)13(16)17-2)10-6-4-3-5-7-10/h3-8,11,14H,1-2H3. The van der Waals surface area contributed by atoms with Crippen LogP contribution >= 0.6 is 0 Å². The molecule has 4 nitrogen and oxygen atoms in total. The summed E-state index contributed by atoms with van der Waals surface area (Å²) in [6.45, 7) is 1.88. The number of carbonyl (C=O) groups excluding carboxylic acids is 1. The number of carbonyl (C=O) groups is 1. The van der Waals surface area contributed by atoms with E-state index >= 15 is 0 Å². The molecule has 0 radical (unpaired) electrons. The van der Waals surface area contributed by atoms with E-state index in [2.05, 4.69) is 10.5 Å². The van der Waals surface area contributed by atoms with E-state index in [0.29, 0.717) is 5.71 Å². The maximum atomic E-state index is 11.8. The molecule has 0 fully saturated rings. The van der Waals surface area contributed by atoms with Gasteiger partial charge < -0.3 is 4.74 Å². The zero-order valence-corrected chi connectivity index (χ0v) is 9.81. The molecule has 1 heterocycles. The van der Waals surface area contributed by atoms with E-state index in [1.165, 1.54) is 7.11 Å². The van der Waals surface area contributed by atoms with Gasteiger partial charge in [0.15, 0.2) is 0 Å². The second kappa shape index (κ2) is 4.82. The number of hydrogen-bond donors (Lipinski definition) is 1. The van der Waals surface area contributed by atoms with Crippen LogP contribution in [0.2, 0.25) is 0 Å². The highest BCUT2D eigenvalue weighted by atomic mass is 16.5. The molecule has 1 N–H and O–H groups in total. The number of benzene rings is 1. The molecule has 1 aromatic carbocycles. The molecule has 0 aromatic heterocycles. The third kappa shape index (κ3) is 2.20. The van der Waals surface area contributed by atoms with Gasteiger partial charge in [0.25, 0.3) is 0 Å². The van der Waals surface area contributed by atoms with Crippen LogP contribution in [0.25, 0.3) is 0 Å². The van der Waals surface area contributed by atoms with E-state index in [0.717, 1.165) is 11.1 Å². The fraction of sp³-hybridized carbons (Fsp3) is 0.231. The van der Waals surface area contributed by atoms with Crippen LogP contribution in [0.4, 0.5) is 0 Å². The average molecular weight is 230 g/mol. The van der Waals surface area contributed by atoms with Gasteiger partial charge in [0.05, 0.1) is 12.8 Å². The molecule has 0 amide bonds. The van der Waals surface area contributed by atoms with Crippen molar-refractivity contribution in [2.75, 3.05) is 7.11 Å². The summed E-state index contributed by atoms with van der Waals surface area (Å²) in [5.41, 5.74) is 5.32. The van der Waals surface area contributed by atoms with Gasteiger partial charge in [-0.1, -0.05) is 30.3 Å². The lowest BCUT2D eigenvalue weighted by molar-refractivity contribution is -0.141. The minimum atomic E-state index is -0.427. The van der Waals surface area contributed by atoms with E-state index in [4.69, 9.17) is 4.74 Å². The maximum absolute atomic E-state index is 11.8. The fourth-order valence-corrected chi connectivity index (χ4v) is 1.82. The molecule has 88 valence electrons. The predicted molar refractivity (Wildman–Crippen MR) is 65.4 cm³/mol. The van der Waals surface area contributed by atoms with Crippen LogP contribution in [0.3, 0.4) is 0 Å². The lowest BCUT2D eigenvalue weighted by Gasteiger charge is -2.21. The molecule has 17 heavy (non-hydrogen) atoms. The number of hydrazone groups is 1. The molecule has 4 heteroatoms. The first kappa shape index (κ1) is 11.4. The molecular weight excluding hydrogens is 216 g/mol. The molecule has 0 aliphatic carbocycles. The van der Waals surface area contributed by atoms with E-state index < -0.39 is 5.92 Å². The van der Waals surface area contributed by atoms with Crippen LogP contribution in [0.15, 0.2) is 47.2 Å². The highest BCUT2D eigenvalue weighted by Crippen LogP contribution is 2.21. The monoisotopic (exact) mass is 230 g/mol. The summed E-state index contributed by atoms with van der Waals surface area (Å²) in [5.74, 6) is -0.716. The molecular formula is C13H14N2O2. The van der Waals surface area contributed by atoms with Crippen LogP contribution in [0, 0.1) is 5.92 Å². The fourth-order valence-electron chi connectivity index (χ4n) is 1.82. The Morgan fingerprint density at radius 1 is 1.35 bits per heavy atom. The Bertz CT molecular complexity index is 477. The molecule has 0 bridgehead atoms. The number of methoxy groups -OCH3 is 1. The molecule has 1 aliphatic heterocycles. The lowest BCUT2D eigenvalue weighted by Crippen LogP contribution is -2.31. The summed E-state index contributed by atoms with van der Waals surface area (Å²) in [4.78, 5) is 11.8. The van der Waals surface area contributed by atoms with Crippen molar-refractivity contribution in [1.82, 2.24) is 5.43 Å². The minimum absolute atomic E-state index is 0.289. The Labute approximate surface area is 100.0 Å². The van der Waals surface area contributed by atoms with E-state index in [1.807, 2.05) is 37.3 Å². The van der Waals surface area contributed by atoms with Crippen LogP contribution in [-0.4, -0.2) is 18.8 Å². The van der Waals surface area contributed by atoms with Crippen molar-refractivity contribution >= 4 is 11.7 Å². The van der Waals surface area contributed by atoms with E-state index in [9.17, 15) is 4.79 Å². The van der Waals surface area contributed by atoms with Crippen molar-refractivity contribution in [3.8, 4) is 0 Å². The molecule has 0 saturated heterocycles. The first-order valence-electron chi connectivity index (χ1n) is 5.37. The van der Waals surface area contributed by atoms with Crippen LogP contribution in [-0.2, 0) is 9.53 Å². The second-order valence-electron chi connectivity index (χ2n) is 3.84. The van der Waals surface area contributed by atoms with Gasteiger partial charge in [-0.15, -0.1) is 0 Å². The van der Waals surface area contributed by atoms with Crippen molar-refractivity contribution in [2.45, 2.75) is 6.92 Å².